The number of rotatable bonds is 1. The van der Waals surface area contributed by atoms with Crippen LogP contribution in [-0.4, -0.2) is 11.7 Å². The van der Waals surface area contributed by atoms with E-state index in [4.69, 9.17) is 27.7 Å². The summed E-state index contributed by atoms with van der Waals surface area (Å²) in [5, 5.41) is 8.48. The van der Waals surface area contributed by atoms with Crippen LogP contribution < -0.4 is 5.32 Å². The second-order valence-corrected chi connectivity index (χ2v) is 5.17. The van der Waals surface area contributed by atoms with Gasteiger partial charge in [-0.3, -0.25) is 0 Å². The minimum absolute atomic E-state index is 0.535. The quantitative estimate of drug-likeness (QED) is 0.843. The zero-order valence-corrected chi connectivity index (χ0v) is 11.2. The molecule has 2 aromatic rings. The number of halogens is 2. The summed E-state index contributed by atoms with van der Waals surface area (Å²) in [6.07, 6.45) is 3.25. The van der Waals surface area contributed by atoms with Crippen LogP contribution in [0.3, 0.4) is 0 Å². The molecule has 1 aliphatic heterocycles. The first kappa shape index (κ1) is 11.9. The van der Waals surface area contributed by atoms with Crippen molar-refractivity contribution in [2.24, 2.45) is 0 Å². The van der Waals surface area contributed by atoms with Crippen molar-refractivity contribution in [3.63, 3.8) is 0 Å². The number of nitrogens with zero attached hydrogens (tertiary/aromatic N) is 1. The third-order valence-electron chi connectivity index (χ3n) is 3.12. The maximum atomic E-state index is 6.04. The molecule has 0 atom stereocenters. The molecule has 0 saturated carbocycles. The minimum Gasteiger partial charge on any atom is -0.354 e. The Morgan fingerprint density at radius 2 is 2.06 bits per heavy atom. The summed E-state index contributed by atoms with van der Waals surface area (Å²) < 4.78 is 5.35. The Balaban J connectivity index is 2.06. The Morgan fingerprint density at radius 3 is 2.89 bits per heavy atom. The zero-order chi connectivity index (χ0) is 12.5. The van der Waals surface area contributed by atoms with Gasteiger partial charge in [-0.15, -0.1) is 0 Å². The summed E-state index contributed by atoms with van der Waals surface area (Å²) in [6, 6.07) is 5.52. The smallest absolute Gasteiger partial charge is 0.228 e. The van der Waals surface area contributed by atoms with Gasteiger partial charge in [0.05, 0.1) is 10.0 Å². The normalized spacial score (nSPS) is 14.8. The molecule has 3 nitrogen and oxygen atoms in total. The van der Waals surface area contributed by atoms with E-state index in [2.05, 4.69) is 10.5 Å². The van der Waals surface area contributed by atoms with E-state index in [1.54, 1.807) is 6.07 Å². The van der Waals surface area contributed by atoms with E-state index in [0.29, 0.717) is 10.0 Å². The average Bonchev–Trinajstić information content (AvgIpc) is 2.62. The van der Waals surface area contributed by atoms with Crippen molar-refractivity contribution in [3.8, 4) is 11.3 Å². The van der Waals surface area contributed by atoms with Gasteiger partial charge < -0.3 is 9.84 Å². The molecule has 0 fully saturated rings. The molecular weight excluding hydrogens is 271 g/mol. The molecule has 1 aliphatic rings. The van der Waals surface area contributed by atoms with E-state index in [9.17, 15) is 0 Å². The molecule has 0 amide bonds. The first-order chi connectivity index (χ1) is 8.75. The minimum atomic E-state index is 0.535. The average molecular weight is 283 g/mol. The molecule has 1 aromatic carbocycles. The second kappa shape index (κ2) is 4.82. The number of benzene rings is 1. The van der Waals surface area contributed by atoms with Gasteiger partial charge >= 0.3 is 0 Å². The first-order valence-electron chi connectivity index (χ1n) is 5.93. The molecule has 5 heteroatoms. The predicted molar refractivity (Wildman–Crippen MR) is 73.4 cm³/mol. The van der Waals surface area contributed by atoms with Crippen LogP contribution in [0.5, 0.6) is 0 Å². The molecule has 0 radical (unpaired) electrons. The van der Waals surface area contributed by atoms with Gasteiger partial charge in [0.1, 0.15) is 5.69 Å². The molecule has 0 aliphatic carbocycles. The fourth-order valence-corrected chi connectivity index (χ4v) is 2.48. The summed E-state index contributed by atoms with van der Waals surface area (Å²) in [7, 11) is 0. The van der Waals surface area contributed by atoms with E-state index in [1.807, 2.05) is 12.1 Å². The van der Waals surface area contributed by atoms with Crippen molar-refractivity contribution in [3.05, 3.63) is 33.8 Å². The lowest BCUT2D eigenvalue weighted by molar-refractivity contribution is 0.434. The monoisotopic (exact) mass is 282 g/mol. The Hall–Kier alpha value is -1.19. The highest BCUT2D eigenvalue weighted by Gasteiger charge is 2.19. The third-order valence-corrected chi connectivity index (χ3v) is 3.86. The summed E-state index contributed by atoms with van der Waals surface area (Å²) in [5.74, 6) is 0.786. The molecule has 94 valence electrons. The Labute approximate surface area is 115 Å². The van der Waals surface area contributed by atoms with Gasteiger partial charge in [-0.05, 0) is 31.4 Å². The maximum Gasteiger partial charge on any atom is 0.228 e. The molecule has 1 N–H and O–H groups in total. The highest BCUT2D eigenvalue weighted by Crippen LogP contribution is 2.34. The lowest BCUT2D eigenvalue weighted by Crippen LogP contribution is -1.97. The van der Waals surface area contributed by atoms with Gasteiger partial charge in [-0.1, -0.05) is 34.4 Å². The van der Waals surface area contributed by atoms with Crippen molar-refractivity contribution in [2.75, 3.05) is 11.9 Å². The topological polar surface area (TPSA) is 38.1 Å². The van der Waals surface area contributed by atoms with Crippen LogP contribution in [0.4, 0.5) is 5.88 Å². The van der Waals surface area contributed by atoms with E-state index in [-0.39, 0.29) is 0 Å². The van der Waals surface area contributed by atoms with Crippen LogP contribution in [-0.2, 0) is 6.42 Å². The summed E-state index contributed by atoms with van der Waals surface area (Å²) >= 11 is 12.0. The molecule has 1 aromatic heterocycles. The Morgan fingerprint density at radius 1 is 1.17 bits per heavy atom. The summed E-state index contributed by atoms with van der Waals surface area (Å²) in [5.41, 5.74) is 2.93. The molecule has 0 saturated heterocycles. The Kier molecular flexibility index (Phi) is 3.18. The van der Waals surface area contributed by atoms with Crippen LogP contribution in [0.2, 0.25) is 10.0 Å². The van der Waals surface area contributed by atoms with Gasteiger partial charge in [-0.25, -0.2) is 0 Å². The molecule has 0 unspecified atom stereocenters. The number of fused-ring (bicyclic) bond motifs is 1. The lowest BCUT2D eigenvalue weighted by atomic mass is 10.0. The van der Waals surface area contributed by atoms with Gasteiger partial charge in [0.2, 0.25) is 5.88 Å². The predicted octanol–water partition coefficient (Wildman–Crippen LogP) is 4.40. The Bertz CT molecular complexity index is 580. The lowest BCUT2D eigenvalue weighted by Gasteiger charge is -2.02. The largest absolute Gasteiger partial charge is 0.354 e. The summed E-state index contributed by atoms with van der Waals surface area (Å²) in [4.78, 5) is 0. The van der Waals surface area contributed by atoms with Crippen LogP contribution >= 0.6 is 23.2 Å². The van der Waals surface area contributed by atoms with E-state index < -0.39 is 0 Å². The number of aromatic nitrogens is 1. The van der Waals surface area contributed by atoms with Crippen molar-refractivity contribution in [1.82, 2.24) is 5.16 Å². The third kappa shape index (κ3) is 2.08. The maximum absolute atomic E-state index is 6.04. The van der Waals surface area contributed by atoms with Crippen LogP contribution in [0.25, 0.3) is 11.3 Å². The number of nitrogens with one attached hydrogen (secondary N) is 1. The second-order valence-electron chi connectivity index (χ2n) is 4.35. The van der Waals surface area contributed by atoms with Crippen LogP contribution in [0, 0.1) is 0 Å². The highest BCUT2D eigenvalue weighted by molar-refractivity contribution is 6.42. The van der Waals surface area contributed by atoms with E-state index in [0.717, 1.165) is 48.5 Å². The van der Waals surface area contributed by atoms with E-state index in [1.165, 1.54) is 0 Å². The molecule has 3 rings (SSSR count). The van der Waals surface area contributed by atoms with Gasteiger partial charge in [0.25, 0.3) is 0 Å². The number of hydrogen-bond donors (Lipinski definition) is 1. The molecule has 0 spiro atoms. The standard InChI is InChI=1S/C13H12Cl2N2O/c14-10-5-4-8(7-11(10)15)12-9-3-1-2-6-16-13(9)18-17-12/h4-5,7,16H,1-3,6H2. The highest BCUT2D eigenvalue weighted by atomic mass is 35.5. The van der Waals surface area contributed by atoms with E-state index >= 15 is 0 Å². The first-order valence-corrected chi connectivity index (χ1v) is 6.69. The SMILES string of the molecule is Clc1ccc(-c2noc3c2CCCCN3)cc1Cl. The fraction of sp³-hybridized carbons (Fsp3) is 0.308. The van der Waals surface area contributed by atoms with Gasteiger partial charge in [0, 0.05) is 17.7 Å². The van der Waals surface area contributed by atoms with Crippen molar-refractivity contribution in [1.29, 1.82) is 0 Å². The number of anilines is 1. The van der Waals surface area contributed by atoms with Crippen LogP contribution in [0.1, 0.15) is 18.4 Å². The summed E-state index contributed by atoms with van der Waals surface area (Å²) in [6.45, 7) is 0.934. The van der Waals surface area contributed by atoms with Crippen molar-refractivity contribution >= 4 is 29.1 Å². The van der Waals surface area contributed by atoms with Gasteiger partial charge in [-0.2, -0.15) is 0 Å². The van der Waals surface area contributed by atoms with Crippen LogP contribution in [0.15, 0.2) is 22.7 Å². The van der Waals surface area contributed by atoms with Crippen molar-refractivity contribution < 1.29 is 4.52 Å². The molecule has 2 heterocycles. The molecule has 18 heavy (non-hydrogen) atoms. The number of hydrogen-bond acceptors (Lipinski definition) is 3. The van der Waals surface area contributed by atoms with Crippen molar-refractivity contribution in [2.45, 2.75) is 19.3 Å². The molecule has 0 bridgehead atoms. The van der Waals surface area contributed by atoms with Gasteiger partial charge in [0.15, 0.2) is 0 Å². The molecular formula is C13H12Cl2N2O. The fourth-order valence-electron chi connectivity index (χ4n) is 2.18. The zero-order valence-electron chi connectivity index (χ0n) is 9.67.